The average molecular weight is 243 g/mol. The molecule has 0 saturated carbocycles. The molecule has 86 valence electrons. The van der Waals surface area contributed by atoms with Crippen LogP contribution in [-0.4, -0.2) is 11.5 Å². The van der Waals surface area contributed by atoms with Crippen LogP contribution in [0.3, 0.4) is 0 Å². The van der Waals surface area contributed by atoms with Crippen LogP contribution in [0, 0.1) is 11.3 Å². The first-order valence-corrected chi connectivity index (χ1v) is 6.35. The molecule has 17 heavy (non-hydrogen) atoms. The summed E-state index contributed by atoms with van der Waals surface area (Å²) in [6, 6.07) is 10.1. The van der Waals surface area contributed by atoms with E-state index in [9.17, 15) is 0 Å². The van der Waals surface area contributed by atoms with E-state index >= 15 is 0 Å². The Morgan fingerprint density at radius 2 is 2.29 bits per heavy atom. The second-order valence-electron chi connectivity index (χ2n) is 3.63. The van der Waals surface area contributed by atoms with E-state index in [1.165, 1.54) is 4.88 Å². The van der Waals surface area contributed by atoms with Gasteiger partial charge in [-0.1, -0.05) is 12.1 Å². The Morgan fingerprint density at radius 3 is 3.06 bits per heavy atom. The number of rotatable bonds is 5. The fraction of sp³-hybridized carbons (Fsp3) is 0.231. The summed E-state index contributed by atoms with van der Waals surface area (Å²) in [7, 11) is 0. The summed E-state index contributed by atoms with van der Waals surface area (Å²) in [6.45, 7) is 1.61. The van der Waals surface area contributed by atoms with E-state index in [0.717, 1.165) is 18.5 Å². The van der Waals surface area contributed by atoms with Gasteiger partial charge in [0.25, 0.3) is 0 Å². The van der Waals surface area contributed by atoms with Crippen LogP contribution < -0.4 is 5.32 Å². The van der Waals surface area contributed by atoms with E-state index < -0.39 is 0 Å². The first-order valence-electron chi connectivity index (χ1n) is 5.47. The Bertz CT molecular complexity index is 500. The van der Waals surface area contributed by atoms with Crippen molar-refractivity contribution in [2.45, 2.75) is 13.0 Å². The third kappa shape index (κ3) is 3.38. The van der Waals surface area contributed by atoms with Gasteiger partial charge in [-0.25, -0.2) is 4.98 Å². The zero-order chi connectivity index (χ0) is 11.9. The summed E-state index contributed by atoms with van der Waals surface area (Å²) >= 11 is 1.77. The Kier molecular flexibility index (Phi) is 4.25. The van der Waals surface area contributed by atoms with Crippen LogP contribution in [-0.2, 0) is 13.0 Å². The van der Waals surface area contributed by atoms with Crippen molar-refractivity contribution < 1.29 is 0 Å². The molecule has 0 aliphatic carbocycles. The van der Waals surface area contributed by atoms with E-state index in [0.29, 0.717) is 12.2 Å². The standard InChI is InChI=1S/C13H13N3S/c14-9-13-11(3-1-6-16-13)10-15-7-5-12-4-2-8-17-12/h1-4,6,8,15H,5,7,10H2. The van der Waals surface area contributed by atoms with E-state index in [4.69, 9.17) is 5.26 Å². The molecule has 4 heteroatoms. The molecule has 2 aromatic rings. The minimum atomic E-state index is 0.510. The highest BCUT2D eigenvalue weighted by atomic mass is 32.1. The van der Waals surface area contributed by atoms with Crippen LogP contribution in [0.1, 0.15) is 16.1 Å². The Morgan fingerprint density at radius 1 is 1.35 bits per heavy atom. The normalized spacial score (nSPS) is 10.1. The second-order valence-corrected chi connectivity index (χ2v) is 4.66. The molecule has 2 rings (SSSR count). The molecule has 0 aliphatic heterocycles. The number of nitrogens with zero attached hydrogens (tertiary/aromatic N) is 2. The zero-order valence-electron chi connectivity index (χ0n) is 9.39. The van der Waals surface area contributed by atoms with E-state index in [1.54, 1.807) is 17.5 Å². The van der Waals surface area contributed by atoms with E-state index in [2.05, 4.69) is 33.9 Å². The van der Waals surface area contributed by atoms with Gasteiger partial charge in [-0.15, -0.1) is 11.3 Å². The van der Waals surface area contributed by atoms with Crippen LogP contribution >= 0.6 is 11.3 Å². The topological polar surface area (TPSA) is 48.7 Å². The predicted octanol–water partition coefficient (Wildman–Crippen LogP) is 2.35. The van der Waals surface area contributed by atoms with Crippen molar-refractivity contribution >= 4 is 11.3 Å². The van der Waals surface area contributed by atoms with Gasteiger partial charge in [0.15, 0.2) is 0 Å². The lowest BCUT2D eigenvalue weighted by Gasteiger charge is -2.04. The van der Waals surface area contributed by atoms with Gasteiger partial charge in [-0.2, -0.15) is 5.26 Å². The molecule has 0 spiro atoms. The third-order valence-electron chi connectivity index (χ3n) is 2.44. The maximum atomic E-state index is 8.89. The van der Waals surface area contributed by atoms with Gasteiger partial charge in [0.2, 0.25) is 0 Å². The lowest BCUT2D eigenvalue weighted by atomic mass is 10.2. The largest absolute Gasteiger partial charge is 0.312 e. The number of nitrogens with one attached hydrogen (secondary N) is 1. The number of hydrogen-bond donors (Lipinski definition) is 1. The number of hydrogen-bond acceptors (Lipinski definition) is 4. The lowest BCUT2D eigenvalue weighted by Crippen LogP contribution is -2.17. The monoisotopic (exact) mass is 243 g/mol. The summed E-state index contributed by atoms with van der Waals surface area (Å²) in [6.07, 6.45) is 2.67. The fourth-order valence-electron chi connectivity index (χ4n) is 1.57. The van der Waals surface area contributed by atoms with Gasteiger partial charge in [-0.3, -0.25) is 0 Å². The van der Waals surface area contributed by atoms with E-state index in [-0.39, 0.29) is 0 Å². The van der Waals surface area contributed by atoms with Gasteiger partial charge in [0, 0.05) is 29.7 Å². The van der Waals surface area contributed by atoms with Crippen molar-refractivity contribution in [3.63, 3.8) is 0 Å². The van der Waals surface area contributed by atoms with E-state index in [1.807, 2.05) is 12.1 Å². The predicted molar refractivity (Wildman–Crippen MR) is 68.7 cm³/mol. The molecule has 0 unspecified atom stereocenters. The van der Waals surface area contributed by atoms with Gasteiger partial charge in [-0.05, 0) is 23.9 Å². The zero-order valence-corrected chi connectivity index (χ0v) is 10.2. The molecule has 0 bridgehead atoms. The van der Waals surface area contributed by atoms with Gasteiger partial charge >= 0.3 is 0 Å². The summed E-state index contributed by atoms with van der Waals surface area (Å²) in [5, 5.41) is 14.3. The smallest absolute Gasteiger partial charge is 0.144 e. The lowest BCUT2D eigenvalue weighted by molar-refractivity contribution is 0.687. The minimum Gasteiger partial charge on any atom is -0.312 e. The quantitative estimate of drug-likeness (QED) is 0.820. The van der Waals surface area contributed by atoms with Crippen LogP contribution in [0.15, 0.2) is 35.8 Å². The highest BCUT2D eigenvalue weighted by Crippen LogP contribution is 2.08. The molecule has 0 aliphatic rings. The Balaban J connectivity index is 1.80. The molecule has 2 aromatic heterocycles. The van der Waals surface area contributed by atoms with Crippen molar-refractivity contribution in [2.24, 2.45) is 0 Å². The summed E-state index contributed by atoms with van der Waals surface area (Å²) < 4.78 is 0. The molecule has 0 saturated heterocycles. The molecule has 0 amide bonds. The number of thiophene rings is 1. The highest BCUT2D eigenvalue weighted by molar-refractivity contribution is 7.09. The minimum absolute atomic E-state index is 0.510. The second kappa shape index (κ2) is 6.14. The maximum Gasteiger partial charge on any atom is 0.144 e. The molecule has 2 heterocycles. The maximum absolute atomic E-state index is 8.89. The first-order chi connectivity index (χ1) is 8.40. The summed E-state index contributed by atoms with van der Waals surface area (Å²) in [5.74, 6) is 0. The number of aromatic nitrogens is 1. The summed E-state index contributed by atoms with van der Waals surface area (Å²) in [4.78, 5) is 5.41. The molecule has 0 fully saturated rings. The van der Waals surface area contributed by atoms with Gasteiger partial charge in [0.05, 0.1) is 0 Å². The van der Waals surface area contributed by atoms with Gasteiger partial charge in [0.1, 0.15) is 11.8 Å². The molecule has 0 atom stereocenters. The van der Waals surface area contributed by atoms with Crippen molar-refractivity contribution in [3.05, 3.63) is 52.0 Å². The number of pyridine rings is 1. The third-order valence-corrected chi connectivity index (χ3v) is 3.38. The van der Waals surface area contributed by atoms with Crippen molar-refractivity contribution in [1.29, 1.82) is 5.26 Å². The van der Waals surface area contributed by atoms with Crippen LogP contribution in [0.5, 0.6) is 0 Å². The van der Waals surface area contributed by atoms with Crippen LogP contribution in [0.25, 0.3) is 0 Å². The molecule has 1 N–H and O–H groups in total. The SMILES string of the molecule is N#Cc1ncccc1CNCCc1cccs1. The van der Waals surface area contributed by atoms with Crippen molar-refractivity contribution in [3.8, 4) is 6.07 Å². The Labute approximate surface area is 105 Å². The fourth-order valence-corrected chi connectivity index (χ4v) is 2.28. The Hall–Kier alpha value is -1.70. The van der Waals surface area contributed by atoms with Crippen molar-refractivity contribution in [2.75, 3.05) is 6.54 Å². The molecule has 0 radical (unpaired) electrons. The molecule has 0 aromatic carbocycles. The van der Waals surface area contributed by atoms with Crippen LogP contribution in [0.4, 0.5) is 0 Å². The molecular weight excluding hydrogens is 230 g/mol. The summed E-state index contributed by atoms with van der Waals surface area (Å²) in [5.41, 5.74) is 1.47. The molecule has 3 nitrogen and oxygen atoms in total. The van der Waals surface area contributed by atoms with Gasteiger partial charge < -0.3 is 5.32 Å². The number of nitriles is 1. The van der Waals surface area contributed by atoms with Crippen molar-refractivity contribution in [1.82, 2.24) is 10.3 Å². The highest BCUT2D eigenvalue weighted by Gasteiger charge is 2.01. The average Bonchev–Trinajstić information content (AvgIpc) is 2.88. The first kappa shape index (κ1) is 11.8. The van der Waals surface area contributed by atoms with Crippen LogP contribution in [0.2, 0.25) is 0 Å². The molecular formula is C13H13N3S.